The van der Waals surface area contributed by atoms with Crippen LogP contribution in [0, 0.1) is 17.2 Å². The molecule has 0 radical (unpaired) electrons. The van der Waals surface area contributed by atoms with Crippen molar-refractivity contribution in [2.75, 3.05) is 19.8 Å². The van der Waals surface area contributed by atoms with Crippen molar-refractivity contribution in [2.24, 2.45) is 11.7 Å². The maximum absolute atomic E-state index is 12.8. The summed E-state index contributed by atoms with van der Waals surface area (Å²) in [6.07, 6.45) is 0. The largest absolute Gasteiger partial charge is 0.486 e. The van der Waals surface area contributed by atoms with E-state index in [2.05, 4.69) is 4.72 Å². The van der Waals surface area contributed by atoms with E-state index < -0.39 is 40.3 Å². The summed E-state index contributed by atoms with van der Waals surface area (Å²) < 4.78 is 43.5. The number of benzene rings is 1. The van der Waals surface area contributed by atoms with Crippen LogP contribution >= 0.6 is 0 Å². The lowest BCUT2D eigenvalue weighted by Gasteiger charge is -2.22. The van der Waals surface area contributed by atoms with Gasteiger partial charge in [-0.3, -0.25) is 9.59 Å². The van der Waals surface area contributed by atoms with Crippen molar-refractivity contribution in [1.82, 2.24) is 4.72 Å². The first-order valence-corrected chi connectivity index (χ1v) is 10.5. The molecule has 162 valence electrons. The van der Waals surface area contributed by atoms with Gasteiger partial charge >= 0.3 is 5.97 Å². The molecule has 0 saturated heterocycles. The third-order valence-electron chi connectivity index (χ3n) is 4.16. The van der Waals surface area contributed by atoms with Crippen LogP contribution in [0.4, 0.5) is 0 Å². The molecule has 11 heteroatoms. The van der Waals surface area contributed by atoms with Crippen LogP contribution in [0.3, 0.4) is 0 Å². The minimum atomic E-state index is -4.11. The molecule has 1 heterocycles. The Kier molecular flexibility index (Phi) is 7.42. The van der Waals surface area contributed by atoms with Gasteiger partial charge < -0.3 is 19.9 Å². The fourth-order valence-electron chi connectivity index (χ4n) is 2.55. The van der Waals surface area contributed by atoms with Gasteiger partial charge in [-0.15, -0.1) is 0 Å². The summed E-state index contributed by atoms with van der Waals surface area (Å²) >= 11 is 0. The number of Topliss-reactive ketones (excluding diaryl/α,β-unsaturated/α-hetero) is 1. The Bertz CT molecular complexity index is 1010. The Morgan fingerprint density at radius 1 is 1.27 bits per heavy atom. The first-order chi connectivity index (χ1) is 14.1. The van der Waals surface area contributed by atoms with Gasteiger partial charge in [-0.1, -0.05) is 13.8 Å². The van der Waals surface area contributed by atoms with E-state index in [4.69, 9.17) is 25.2 Å². The van der Waals surface area contributed by atoms with Crippen molar-refractivity contribution >= 4 is 21.8 Å². The first-order valence-electron chi connectivity index (χ1n) is 9.05. The van der Waals surface area contributed by atoms with Gasteiger partial charge in [-0.25, -0.2) is 8.42 Å². The van der Waals surface area contributed by atoms with E-state index >= 15 is 0 Å². The number of esters is 1. The Morgan fingerprint density at radius 2 is 1.90 bits per heavy atom. The fraction of sp³-hybridized carbons (Fsp3) is 0.421. The number of allylic oxidation sites excluding steroid dienone is 1. The molecule has 1 aromatic rings. The standard InChI is InChI=1S/C19H23N3O7S/c1-11(2)18(19(24)29-10-15(23)14(9-20)12(3)21)22-30(25,26)13-4-5-16-17(8-13)28-7-6-27-16/h4-5,8,11,18,22H,6-7,10,21H2,1-3H3/b14-12+/t18-/m0/s1. The van der Waals surface area contributed by atoms with Crippen molar-refractivity contribution in [3.8, 4) is 17.6 Å². The summed E-state index contributed by atoms with van der Waals surface area (Å²) in [5, 5.41) is 8.93. The summed E-state index contributed by atoms with van der Waals surface area (Å²) in [4.78, 5) is 24.3. The smallest absolute Gasteiger partial charge is 0.324 e. The number of hydrogen-bond donors (Lipinski definition) is 2. The zero-order chi connectivity index (χ0) is 22.5. The van der Waals surface area contributed by atoms with Crippen LogP contribution < -0.4 is 19.9 Å². The number of nitrogens with one attached hydrogen (secondary N) is 1. The van der Waals surface area contributed by atoms with Crippen molar-refractivity contribution in [2.45, 2.75) is 31.7 Å². The highest BCUT2D eigenvalue weighted by atomic mass is 32.2. The SMILES string of the molecule is C/C(N)=C(/C#N)C(=O)COC(=O)[C@@H](NS(=O)(=O)c1ccc2c(c1)OCCO2)C(C)C. The van der Waals surface area contributed by atoms with E-state index in [1.165, 1.54) is 25.1 Å². The van der Waals surface area contributed by atoms with Crippen LogP contribution in [0.5, 0.6) is 11.5 Å². The molecular weight excluding hydrogens is 414 g/mol. The lowest BCUT2D eigenvalue weighted by molar-refractivity contribution is -0.149. The minimum absolute atomic E-state index is 0.00160. The van der Waals surface area contributed by atoms with Gasteiger partial charge in [0.25, 0.3) is 0 Å². The summed E-state index contributed by atoms with van der Waals surface area (Å²) in [5.41, 5.74) is 5.12. The fourth-order valence-corrected chi connectivity index (χ4v) is 3.90. The van der Waals surface area contributed by atoms with Crippen LogP contribution in [0.2, 0.25) is 0 Å². The molecule has 0 fully saturated rings. The maximum Gasteiger partial charge on any atom is 0.324 e. The summed E-state index contributed by atoms with van der Waals surface area (Å²) in [7, 11) is -4.11. The van der Waals surface area contributed by atoms with Crippen LogP contribution in [0.15, 0.2) is 34.4 Å². The molecule has 2 rings (SSSR count). The van der Waals surface area contributed by atoms with Gasteiger partial charge in [0.15, 0.2) is 18.1 Å². The van der Waals surface area contributed by atoms with Crippen LogP contribution in [0.1, 0.15) is 20.8 Å². The highest BCUT2D eigenvalue weighted by Crippen LogP contribution is 2.32. The second-order valence-corrected chi connectivity index (χ2v) is 8.56. The average Bonchev–Trinajstić information content (AvgIpc) is 2.70. The molecule has 0 spiro atoms. The molecule has 0 aliphatic carbocycles. The molecular formula is C19H23N3O7S. The number of sulfonamides is 1. The van der Waals surface area contributed by atoms with Crippen molar-refractivity contribution < 1.29 is 32.2 Å². The number of ketones is 1. The van der Waals surface area contributed by atoms with Gasteiger partial charge in [0.1, 0.15) is 30.9 Å². The molecule has 1 aromatic carbocycles. The Hall–Kier alpha value is -3.10. The normalized spacial score (nSPS) is 15.0. The summed E-state index contributed by atoms with van der Waals surface area (Å²) in [6, 6.07) is 4.48. The molecule has 1 aliphatic heterocycles. The molecule has 0 unspecified atom stereocenters. The quantitative estimate of drug-likeness (QED) is 0.338. The van der Waals surface area contributed by atoms with Crippen LogP contribution in [-0.4, -0.2) is 46.0 Å². The zero-order valence-electron chi connectivity index (χ0n) is 16.8. The van der Waals surface area contributed by atoms with Crippen LogP contribution in [0.25, 0.3) is 0 Å². The van der Waals surface area contributed by atoms with Gasteiger partial charge in [-0.2, -0.15) is 9.98 Å². The molecule has 0 amide bonds. The molecule has 0 aromatic heterocycles. The number of carbonyl (C=O) groups is 2. The third kappa shape index (κ3) is 5.49. The number of nitrogens with two attached hydrogens (primary N) is 1. The summed E-state index contributed by atoms with van der Waals surface area (Å²) in [6.45, 7) is 4.53. The zero-order valence-corrected chi connectivity index (χ0v) is 17.6. The predicted octanol–water partition coefficient (Wildman–Crippen LogP) is 0.629. The van der Waals surface area contributed by atoms with Gasteiger partial charge in [-0.05, 0) is 25.0 Å². The average molecular weight is 437 g/mol. The lowest BCUT2D eigenvalue weighted by atomic mass is 10.1. The highest BCUT2D eigenvalue weighted by molar-refractivity contribution is 7.89. The summed E-state index contributed by atoms with van der Waals surface area (Å²) in [5.74, 6) is -1.50. The molecule has 3 N–H and O–H groups in total. The molecule has 10 nitrogen and oxygen atoms in total. The number of hydrogen-bond acceptors (Lipinski definition) is 9. The molecule has 1 aliphatic rings. The van der Waals surface area contributed by atoms with E-state index in [-0.39, 0.29) is 21.9 Å². The van der Waals surface area contributed by atoms with Gasteiger partial charge in [0.05, 0.1) is 4.90 Å². The molecule has 0 bridgehead atoms. The Morgan fingerprint density at radius 3 is 2.47 bits per heavy atom. The number of ether oxygens (including phenoxy) is 3. The lowest BCUT2D eigenvalue weighted by Crippen LogP contribution is -2.45. The maximum atomic E-state index is 12.8. The van der Waals surface area contributed by atoms with Crippen molar-refractivity contribution in [3.63, 3.8) is 0 Å². The highest BCUT2D eigenvalue weighted by Gasteiger charge is 2.31. The monoisotopic (exact) mass is 437 g/mol. The van der Waals surface area contributed by atoms with Gasteiger partial charge in [0, 0.05) is 11.8 Å². The second-order valence-electron chi connectivity index (χ2n) is 6.85. The first kappa shape index (κ1) is 23.2. The molecule has 1 atom stereocenters. The number of nitrogens with zero attached hydrogens (tertiary/aromatic N) is 1. The number of fused-ring (bicyclic) bond motifs is 1. The number of rotatable bonds is 8. The Labute approximate surface area is 174 Å². The van der Waals surface area contributed by atoms with E-state index in [9.17, 15) is 18.0 Å². The third-order valence-corrected chi connectivity index (χ3v) is 5.60. The van der Waals surface area contributed by atoms with E-state index in [1.807, 2.05) is 0 Å². The molecule has 0 saturated carbocycles. The second kappa shape index (κ2) is 9.60. The van der Waals surface area contributed by atoms with E-state index in [0.717, 1.165) is 0 Å². The van der Waals surface area contributed by atoms with E-state index in [1.54, 1.807) is 19.9 Å². The molecule has 30 heavy (non-hydrogen) atoms. The Balaban J connectivity index is 2.14. The van der Waals surface area contributed by atoms with Crippen molar-refractivity contribution in [3.05, 3.63) is 29.5 Å². The van der Waals surface area contributed by atoms with E-state index in [0.29, 0.717) is 19.0 Å². The van der Waals surface area contributed by atoms with Crippen molar-refractivity contribution in [1.29, 1.82) is 5.26 Å². The minimum Gasteiger partial charge on any atom is -0.486 e. The number of nitriles is 1. The predicted molar refractivity (Wildman–Crippen MR) is 105 cm³/mol. The van der Waals surface area contributed by atoms with Crippen LogP contribution in [-0.2, 0) is 24.3 Å². The van der Waals surface area contributed by atoms with Gasteiger partial charge in [0.2, 0.25) is 15.8 Å². The topological polar surface area (TPSA) is 158 Å². The number of carbonyl (C=O) groups excluding carboxylic acids is 2.